The van der Waals surface area contributed by atoms with Crippen LogP contribution in [0.4, 0.5) is 5.82 Å². The first-order valence-electron chi connectivity index (χ1n) is 4.51. The van der Waals surface area contributed by atoms with E-state index >= 15 is 0 Å². The lowest BCUT2D eigenvalue weighted by atomic mass is 9.97. The van der Waals surface area contributed by atoms with Gasteiger partial charge in [0, 0.05) is 12.8 Å². The molecule has 1 rings (SSSR count). The fourth-order valence-electron chi connectivity index (χ4n) is 1.58. The molecule has 6 nitrogen and oxygen atoms in total. The summed E-state index contributed by atoms with van der Waals surface area (Å²) in [6.45, 7) is 4.21. The smallest absolute Gasteiger partial charge is 0.165 e. The van der Waals surface area contributed by atoms with E-state index < -0.39 is 9.84 Å². The van der Waals surface area contributed by atoms with E-state index in [1.165, 1.54) is 6.26 Å². The van der Waals surface area contributed by atoms with E-state index in [1.807, 2.05) is 13.8 Å². The Morgan fingerprint density at radius 2 is 2.13 bits per heavy atom. The van der Waals surface area contributed by atoms with Crippen LogP contribution in [0.25, 0.3) is 0 Å². The second-order valence-electron chi connectivity index (χ2n) is 4.58. The van der Waals surface area contributed by atoms with Crippen LogP contribution >= 0.6 is 0 Å². The summed E-state index contributed by atoms with van der Waals surface area (Å²) < 4.78 is 23.9. The molecule has 1 aromatic heterocycles. The Hall–Kier alpha value is -1.11. The van der Waals surface area contributed by atoms with Gasteiger partial charge in [-0.2, -0.15) is 0 Å². The van der Waals surface area contributed by atoms with Gasteiger partial charge in [-0.25, -0.2) is 13.1 Å². The lowest BCUT2D eigenvalue weighted by Crippen LogP contribution is -2.28. The van der Waals surface area contributed by atoms with Crippen LogP contribution in [0.5, 0.6) is 0 Å². The highest BCUT2D eigenvalue weighted by atomic mass is 32.2. The molecule has 0 unspecified atom stereocenters. The molecule has 0 radical (unpaired) electrons. The minimum atomic E-state index is -2.99. The lowest BCUT2D eigenvalue weighted by molar-refractivity contribution is 0.323. The molecule has 0 aliphatic heterocycles. The maximum atomic E-state index is 11.2. The molecule has 1 heterocycles. The standard InChI is InChI=1S/C8H16N4O2S/c1-8(2,6-15(3,13)14)5-12-4-7(9)10-11-12/h4H,5-6,9H2,1-3H3. The summed E-state index contributed by atoms with van der Waals surface area (Å²) >= 11 is 0. The summed E-state index contributed by atoms with van der Waals surface area (Å²) in [7, 11) is -2.99. The zero-order valence-corrected chi connectivity index (χ0v) is 9.95. The summed E-state index contributed by atoms with van der Waals surface area (Å²) in [6, 6.07) is 0. The summed E-state index contributed by atoms with van der Waals surface area (Å²) in [6.07, 6.45) is 2.81. The van der Waals surface area contributed by atoms with Gasteiger partial charge < -0.3 is 5.73 Å². The van der Waals surface area contributed by atoms with E-state index in [1.54, 1.807) is 10.9 Å². The van der Waals surface area contributed by atoms with E-state index in [0.717, 1.165) is 0 Å². The highest BCUT2D eigenvalue weighted by Gasteiger charge is 2.24. The summed E-state index contributed by atoms with van der Waals surface area (Å²) in [5, 5.41) is 7.42. The number of anilines is 1. The Morgan fingerprint density at radius 1 is 1.53 bits per heavy atom. The first-order valence-corrected chi connectivity index (χ1v) is 6.57. The topological polar surface area (TPSA) is 90.9 Å². The van der Waals surface area contributed by atoms with Crippen LogP contribution in [0.15, 0.2) is 6.20 Å². The van der Waals surface area contributed by atoms with E-state index in [2.05, 4.69) is 10.3 Å². The van der Waals surface area contributed by atoms with E-state index in [-0.39, 0.29) is 11.2 Å². The van der Waals surface area contributed by atoms with Gasteiger partial charge in [0.2, 0.25) is 0 Å². The predicted octanol–water partition coefficient (Wildman–Crippen LogP) is -0.0689. The van der Waals surface area contributed by atoms with Crippen LogP contribution in [0.3, 0.4) is 0 Å². The maximum absolute atomic E-state index is 11.2. The van der Waals surface area contributed by atoms with Crippen LogP contribution in [0.1, 0.15) is 13.8 Å². The zero-order valence-electron chi connectivity index (χ0n) is 9.14. The Bertz CT molecular complexity index is 435. The minimum absolute atomic E-state index is 0.111. The molecule has 0 saturated heterocycles. The van der Waals surface area contributed by atoms with Crippen LogP contribution in [0.2, 0.25) is 0 Å². The van der Waals surface area contributed by atoms with Crippen LogP contribution in [-0.2, 0) is 16.4 Å². The molecule has 1 aromatic rings. The monoisotopic (exact) mass is 232 g/mol. The van der Waals surface area contributed by atoms with Crippen molar-refractivity contribution in [2.24, 2.45) is 5.41 Å². The molecule has 0 aliphatic rings. The quantitative estimate of drug-likeness (QED) is 0.784. The third kappa shape index (κ3) is 4.28. The Morgan fingerprint density at radius 3 is 2.53 bits per heavy atom. The zero-order chi connectivity index (χ0) is 11.7. The first-order chi connectivity index (χ1) is 6.68. The molecule has 0 spiro atoms. The Kier molecular flexibility index (Phi) is 3.03. The summed E-state index contributed by atoms with van der Waals surface area (Å²) in [5.41, 5.74) is 5.03. The Balaban J connectivity index is 2.72. The van der Waals surface area contributed by atoms with Crippen molar-refractivity contribution in [1.82, 2.24) is 15.0 Å². The number of aromatic nitrogens is 3. The fraction of sp³-hybridized carbons (Fsp3) is 0.750. The van der Waals surface area contributed by atoms with Crippen molar-refractivity contribution in [2.45, 2.75) is 20.4 Å². The van der Waals surface area contributed by atoms with Gasteiger partial charge in [-0.05, 0) is 5.41 Å². The number of hydrogen-bond acceptors (Lipinski definition) is 5. The van der Waals surface area contributed by atoms with Crippen molar-refractivity contribution in [2.75, 3.05) is 17.7 Å². The number of hydrogen-bond donors (Lipinski definition) is 1. The van der Waals surface area contributed by atoms with Gasteiger partial charge >= 0.3 is 0 Å². The number of rotatable bonds is 4. The summed E-state index contributed by atoms with van der Waals surface area (Å²) in [5.74, 6) is 0.449. The van der Waals surface area contributed by atoms with Gasteiger partial charge in [-0.3, -0.25) is 0 Å². The molecular weight excluding hydrogens is 216 g/mol. The average molecular weight is 232 g/mol. The Labute approximate surface area is 89.4 Å². The molecule has 0 aromatic carbocycles. The van der Waals surface area contributed by atoms with E-state index in [4.69, 9.17) is 5.73 Å². The second-order valence-corrected chi connectivity index (χ2v) is 6.72. The SMILES string of the molecule is CC(C)(Cn1cc(N)nn1)CS(C)(=O)=O. The largest absolute Gasteiger partial charge is 0.381 e. The van der Waals surface area contributed by atoms with Gasteiger partial charge in [0.25, 0.3) is 0 Å². The molecular formula is C8H16N4O2S. The molecule has 15 heavy (non-hydrogen) atoms. The van der Waals surface area contributed by atoms with Gasteiger partial charge in [-0.15, -0.1) is 5.10 Å². The third-order valence-corrected chi connectivity index (χ3v) is 3.11. The highest BCUT2D eigenvalue weighted by Crippen LogP contribution is 2.20. The van der Waals surface area contributed by atoms with Crippen molar-refractivity contribution in [3.63, 3.8) is 0 Å². The van der Waals surface area contributed by atoms with Crippen LogP contribution in [-0.4, -0.2) is 35.4 Å². The number of nitrogens with zero attached hydrogens (tertiary/aromatic N) is 3. The first kappa shape index (κ1) is 12.0. The molecule has 0 aliphatic carbocycles. The van der Waals surface area contributed by atoms with E-state index in [9.17, 15) is 8.42 Å². The maximum Gasteiger partial charge on any atom is 0.165 e. The molecule has 0 atom stereocenters. The molecule has 0 saturated carbocycles. The number of nitrogen functional groups attached to an aromatic ring is 1. The van der Waals surface area contributed by atoms with E-state index in [0.29, 0.717) is 12.4 Å². The average Bonchev–Trinajstić information content (AvgIpc) is 2.27. The van der Waals surface area contributed by atoms with Crippen LogP contribution < -0.4 is 5.73 Å². The number of sulfone groups is 1. The number of nitrogens with two attached hydrogens (primary N) is 1. The van der Waals surface area contributed by atoms with Crippen molar-refractivity contribution >= 4 is 15.7 Å². The van der Waals surface area contributed by atoms with Gasteiger partial charge in [0.05, 0.1) is 11.9 Å². The molecule has 0 fully saturated rings. The molecule has 2 N–H and O–H groups in total. The highest BCUT2D eigenvalue weighted by molar-refractivity contribution is 7.90. The van der Waals surface area contributed by atoms with Gasteiger partial charge in [0.1, 0.15) is 9.84 Å². The van der Waals surface area contributed by atoms with Crippen molar-refractivity contribution < 1.29 is 8.42 Å². The van der Waals surface area contributed by atoms with Crippen molar-refractivity contribution in [3.8, 4) is 0 Å². The minimum Gasteiger partial charge on any atom is -0.381 e. The third-order valence-electron chi connectivity index (χ3n) is 1.80. The molecule has 86 valence electrons. The van der Waals surface area contributed by atoms with Gasteiger partial charge in [0.15, 0.2) is 5.82 Å². The van der Waals surface area contributed by atoms with Gasteiger partial charge in [-0.1, -0.05) is 19.1 Å². The van der Waals surface area contributed by atoms with Crippen molar-refractivity contribution in [3.05, 3.63) is 6.20 Å². The normalized spacial score (nSPS) is 13.0. The predicted molar refractivity (Wildman–Crippen MR) is 57.9 cm³/mol. The summed E-state index contributed by atoms with van der Waals surface area (Å²) in [4.78, 5) is 0. The lowest BCUT2D eigenvalue weighted by Gasteiger charge is -2.22. The fourth-order valence-corrected chi connectivity index (χ4v) is 3.10. The van der Waals surface area contributed by atoms with Crippen molar-refractivity contribution in [1.29, 1.82) is 0 Å². The molecule has 0 amide bonds. The second kappa shape index (κ2) is 3.80. The molecule has 7 heteroatoms. The van der Waals surface area contributed by atoms with Crippen LogP contribution in [0, 0.1) is 5.41 Å². The molecule has 0 bridgehead atoms.